The summed E-state index contributed by atoms with van der Waals surface area (Å²) in [5, 5.41) is 2.64. The van der Waals surface area contributed by atoms with E-state index in [0.29, 0.717) is 5.69 Å². The summed E-state index contributed by atoms with van der Waals surface area (Å²) in [6.07, 6.45) is -0.251. The highest BCUT2D eigenvalue weighted by molar-refractivity contribution is 5.94. The number of nitrogens with zero attached hydrogens (tertiary/aromatic N) is 1. The summed E-state index contributed by atoms with van der Waals surface area (Å²) in [6.45, 7) is 3.80. The molecule has 1 unspecified atom stereocenters. The van der Waals surface area contributed by atoms with Crippen molar-refractivity contribution in [3.63, 3.8) is 0 Å². The van der Waals surface area contributed by atoms with E-state index in [9.17, 15) is 14.0 Å². The highest BCUT2D eigenvalue weighted by Gasteiger charge is 2.22. The lowest BCUT2D eigenvalue weighted by atomic mass is 10.2. The molecule has 0 saturated heterocycles. The third kappa shape index (κ3) is 6.33. The van der Waals surface area contributed by atoms with Gasteiger partial charge in [0, 0.05) is 25.4 Å². The highest BCUT2D eigenvalue weighted by Crippen LogP contribution is 2.10. The van der Waals surface area contributed by atoms with Gasteiger partial charge >= 0.3 is 0 Å². The quantitative estimate of drug-likeness (QED) is 0.756. The van der Waals surface area contributed by atoms with Crippen molar-refractivity contribution >= 4 is 17.5 Å². The van der Waals surface area contributed by atoms with Crippen LogP contribution in [0.15, 0.2) is 24.3 Å². The Morgan fingerprint density at radius 2 is 1.91 bits per heavy atom. The van der Waals surface area contributed by atoms with Gasteiger partial charge in [0.25, 0.3) is 0 Å². The zero-order chi connectivity index (χ0) is 17.4. The van der Waals surface area contributed by atoms with E-state index < -0.39 is 0 Å². The minimum absolute atomic E-state index is 0.0884. The summed E-state index contributed by atoms with van der Waals surface area (Å²) in [4.78, 5) is 25.9. The average Bonchev–Trinajstić information content (AvgIpc) is 2.52. The molecule has 0 fully saturated rings. The van der Waals surface area contributed by atoms with Crippen LogP contribution in [0.5, 0.6) is 0 Å². The monoisotopic (exact) mass is 325 g/mol. The molecule has 2 amide bonds. The summed E-state index contributed by atoms with van der Waals surface area (Å²) >= 11 is 0. The Morgan fingerprint density at radius 1 is 1.30 bits per heavy atom. The van der Waals surface area contributed by atoms with Gasteiger partial charge in [-0.15, -0.1) is 0 Å². The molecular formula is C16H24FN3O3. The summed E-state index contributed by atoms with van der Waals surface area (Å²) in [6, 6.07) is 5.29. The molecule has 0 aliphatic heterocycles. The van der Waals surface area contributed by atoms with Crippen LogP contribution >= 0.6 is 0 Å². The van der Waals surface area contributed by atoms with E-state index in [2.05, 4.69) is 5.32 Å². The van der Waals surface area contributed by atoms with E-state index >= 15 is 0 Å². The van der Waals surface area contributed by atoms with Gasteiger partial charge in [-0.05, 0) is 38.1 Å². The van der Waals surface area contributed by atoms with Crippen LogP contribution in [0.4, 0.5) is 10.1 Å². The van der Waals surface area contributed by atoms with Crippen LogP contribution in [0, 0.1) is 5.82 Å². The maximum Gasteiger partial charge on any atom is 0.244 e. The van der Waals surface area contributed by atoms with Crippen molar-refractivity contribution in [3.05, 3.63) is 30.1 Å². The lowest BCUT2D eigenvalue weighted by Crippen LogP contribution is -2.44. The van der Waals surface area contributed by atoms with Gasteiger partial charge in [-0.1, -0.05) is 0 Å². The van der Waals surface area contributed by atoms with Gasteiger partial charge in [-0.2, -0.15) is 0 Å². The number of nitrogens with one attached hydrogen (secondary N) is 1. The van der Waals surface area contributed by atoms with E-state index in [1.165, 1.54) is 36.3 Å². The van der Waals surface area contributed by atoms with E-state index in [1.54, 1.807) is 0 Å². The molecular weight excluding hydrogens is 301 g/mol. The van der Waals surface area contributed by atoms with Gasteiger partial charge in [0.05, 0.1) is 12.5 Å². The van der Waals surface area contributed by atoms with Gasteiger partial charge in [-0.3, -0.25) is 9.59 Å². The van der Waals surface area contributed by atoms with Crippen molar-refractivity contribution in [2.75, 3.05) is 25.5 Å². The fourth-order valence-corrected chi connectivity index (χ4v) is 2.02. The van der Waals surface area contributed by atoms with Crippen LogP contribution in [-0.2, 0) is 14.3 Å². The zero-order valence-corrected chi connectivity index (χ0v) is 13.7. The van der Waals surface area contributed by atoms with Crippen LogP contribution in [-0.4, -0.2) is 49.1 Å². The first-order valence-corrected chi connectivity index (χ1v) is 7.45. The third-order valence-corrected chi connectivity index (χ3v) is 3.38. The number of carbonyl (C=O) groups is 2. The fraction of sp³-hybridized carbons (Fsp3) is 0.500. The van der Waals surface area contributed by atoms with Crippen LogP contribution in [0.2, 0.25) is 0 Å². The van der Waals surface area contributed by atoms with E-state index in [1.807, 2.05) is 13.8 Å². The third-order valence-electron chi connectivity index (χ3n) is 3.38. The molecule has 0 spiro atoms. The summed E-state index contributed by atoms with van der Waals surface area (Å²) in [5.74, 6) is -0.929. The molecule has 1 rings (SSSR count). The molecule has 6 nitrogen and oxygen atoms in total. The van der Waals surface area contributed by atoms with Crippen molar-refractivity contribution in [1.29, 1.82) is 0 Å². The van der Waals surface area contributed by atoms with E-state index in [4.69, 9.17) is 10.5 Å². The zero-order valence-electron chi connectivity index (χ0n) is 13.7. The average molecular weight is 325 g/mol. The number of hydrogen-bond donors (Lipinski definition) is 2. The molecule has 0 radical (unpaired) electrons. The number of carbonyl (C=O) groups excluding carboxylic acids is 2. The van der Waals surface area contributed by atoms with Crippen molar-refractivity contribution in [2.24, 2.45) is 5.73 Å². The first-order valence-electron chi connectivity index (χ1n) is 7.45. The number of hydrogen-bond acceptors (Lipinski definition) is 4. The van der Waals surface area contributed by atoms with Crippen LogP contribution in [0.3, 0.4) is 0 Å². The van der Waals surface area contributed by atoms with Gasteiger partial charge in [0.2, 0.25) is 11.8 Å². The van der Waals surface area contributed by atoms with Crippen molar-refractivity contribution in [3.8, 4) is 0 Å². The van der Waals surface area contributed by atoms with Crippen molar-refractivity contribution in [1.82, 2.24) is 4.90 Å². The molecule has 23 heavy (non-hydrogen) atoms. The predicted octanol–water partition coefficient (Wildman–Crippen LogP) is 1.36. The Kier molecular flexibility index (Phi) is 7.64. The molecule has 0 heterocycles. The largest absolute Gasteiger partial charge is 0.380 e. The van der Waals surface area contributed by atoms with Gasteiger partial charge in [0.1, 0.15) is 12.4 Å². The molecule has 1 aromatic rings. The van der Waals surface area contributed by atoms with Gasteiger partial charge in [0.15, 0.2) is 0 Å². The number of anilines is 1. The van der Waals surface area contributed by atoms with Gasteiger partial charge in [-0.25, -0.2) is 4.39 Å². The van der Waals surface area contributed by atoms with Gasteiger partial charge < -0.3 is 20.7 Å². The fourth-order valence-electron chi connectivity index (χ4n) is 2.02. The second-order valence-electron chi connectivity index (χ2n) is 5.47. The second kappa shape index (κ2) is 9.22. The van der Waals surface area contributed by atoms with Crippen molar-refractivity contribution < 1.29 is 18.7 Å². The minimum Gasteiger partial charge on any atom is -0.380 e. The maximum atomic E-state index is 12.8. The topological polar surface area (TPSA) is 84.7 Å². The number of amides is 2. The minimum atomic E-state index is -0.380. The SMILES string of the molecule is COC(CN)CC(=O)N(CC(=O)Nc1ccc(F)cc1)C(C)C. The lowest BCUT2D eigenvalue weighted by molar-refractivity contribution is -0.138. The number of benzene rings is 1. The standard InChI is InChI=1S/C16H24FN3O3/c1-11(2)20(16(22)8-14(9-18)23-3)10-15(21)19-13-6-4-12(17)5-7-13/h4-7,11,14H,8-10,18H2,1-3H3,(H,19,21). The smallest absolute Gasteiger partial charge is 0.244 e. The number of rotatable bonds is 8. The maximum absolute atomic E-state index is 12.8. The van der Waals surface area contributed by atoms with E-state index in [0.717, 1.165) is 0 Å². The number of ether oxygens (including phenoxy) is 1. The van der Waals surface area contributed by atoms with Crippen LogP contribution in [0.25, 0.3) is 0 Å². The summed E-state index contributed by atoms with van der Waals surface area (Å²) < 4.78 is 18.0. The number of nitrogens with two attached hydrogens (primary N) is 1. The highest BCUT2D eigenvalue weighted by atomic mass is 19.1. The summed E-state index contributed by atoms with van der Waals surface area (Å²) in [7, 11) is 1.49. The lowest BCUT2D eigenvalue weighted by Gasteiger charge is -2.27. The Balaban J connectivity index is 2.65. The molecule has 3 N–H and O–H groups in total. The van der Waals surface area contributed by atoms with Crippen molar-refractivity contribution in [2.45, 2.75) is 32.4 Å². The summed E-state index contributed by atoms with van der Waals surface area (Å²) in [5.41, 5.74) is 5.99. The Labute approximate surface area is 135 Å². The molecule has 1 atom stereocenters. The normalized spacial score (nSPS) is 12.1. The number of halogens is 1. The first-order chi connectivity index (χ1) is 10.9. The second-order valence-corrected chi connectivity index (χ2v) is 5.47. The Morgan fingerprint density at radius 3 is 2.39 bits per heavy atom. The number of methoxy groups -OCH3 is 1. The molecule has 0 bridgehead atoms. The molecule has 0 aliphatic carbocycles. The molecule has 1 aromatic carbocycles. The molecule has 128 valence electrons. The Bertz CT molecular complexity index is 516. The molecule has 7 heteroatoms. The molecule has 0 aliphatic rings. The van der Waals surface area contributed by atoms with E-state index in [-0.39, 0.29) is 49.3 Å². The molecule has 0 saturated carbocycles. The Hall–Kier alpha value is -1.99. The van der Waals surface area contributed by atoms with Crippen LogP contribution < -0.4 is 11.1 Å². The first kappa shape index (κ1) is 19.1. The molecule has 0 aromatic heterocycles. The van der Waals surface area contributed by atoms with Crippen LogP contribution in [0.1, 0.15) is 20.3 Å². The predicted molar refractivity (Wildman–Crippen MR) is 86.3 cm³/mol.